The number of hydrazine groups is 1. The Balaban J connectivity index is 1.39. The second-order valence-electron chi connectivity index (χ2n) is 7.81. The van der Waals surface area contributed by atoms with Crippen LogP contribution in [-0.2, 0) is 14.4 Å². The summed E-state index contributed by atoms with van der Waals surface area (Å²) in [5.41, 5.74) is 4.94. The van der Waals surface area contributed by atoms with Crippen LogP contribution in [0.3, 0.4) is 0 Å². The zero-order valence-corrected chi connectivity index (χ0v) is 16.2. The fourth-order valence-electron chi connectivity index (χ4n) is 5.08. The summed E-state index contributed by atoms with van der Waals surface area (Å²) < 4.78 is 10.5. The third-order valence-corrected chi connectivity index (χ3v) is 6.10. The molecule has 1 N–H and O–H groups in total. The van der Waals surface area contributed by atoms with Gasteiger partial charge in [0, 0.05) is 0 Å². The summed E-state index contributed by atoms with van der Waals surface area (Å²) >= 11 is 0. The van der Waals surface area contributed by atoms with Crippen LogP contribution in [-0.4, -0.2) is 36.4 Å². The van der Waals surface area contributed by atoms with Crippen molar-refractivity contribution in [2.24, 2.45) is 23.7 Å². The number of methoxy groups -OCH3 is 1. The van der Waals surface area contributed by atoms with Crippen molar-refractivity contribution in [3.63, 3.8) is 0 Å². The zero-order chi connectivity index (χ0) is 20.0. The van der Waals surface area contributed by atoms with Gasteiger partial charge in [-0.25, -0.2) is 0 Å². The van der Waals surface area contributed by atoms with Crippen molar-refractivity contribution < 1.29 is 23.9 Å². The summed E-state index contributed by atoms with van der Waals surface area (Å²) in [6, 6.07) is 6.81. The molecule has 1 aliphatic heterocycles. The molecule has 2 aliphatic carbocycles. The van der Waals surface area contributed by atoms with Crippen molar-refractivity contribution in [3.8, 4) is 11.5 Å². The molecule has 7 heteroatoms. The van der Waals surface area contributed by atoms with Gasteiger partial charge in [0.15, 0.2) is 6.61 Å². The predicted octanol–water partition coefficient (Wildman–Crippen LogP) is 2.08. The van der Waals surface area contributed by atoms with Crippen LogP contribution in [0.4, 0.5) is 0 Å². The van der Waals surface area contributed by atoms with Gasteiger partial charge in [-0.15, -0.1) is 0 Å². The van der Waals surface area contributed by atoms with E-state index in [9.17, 15) is 14.4 Å². The number of nitrogens with one attached hydrogen (secondary N) is 1. The molecule has 7 nitrogen and oxygen atoms in total. The highest BCUT2D eigenvalue weighted by Gasteiger charge is 2.63. The first kappa shape index (κ1) is 18.5. The first-order valence-electron chi connectivity index (χ1n) is 9.53. The minimum Gasteiger partial charge on any atom is -0.497 e. The van der Waals surface area contributed by atoms with Crippen LogP contribution >= 0.6 is 0 Å². The summed E-state index contributed by atoms with van der Waals surface area (Å²) in [7, 11) is 1.56. The summed E-state index contributed by atoms with van der Waals surface area (Å²) in [4.78, 5) is 37.9. The molecule has 1 saturated heterocycles. The Morgan fingerprint density at radius 1 is 1.04 bits per heavy atom. The van der Waals surface area contributed by atoms with E-state index in [1.54, 1.807) is 31.4 Å². The molecule has 0 spiro atoms. The number of hydrogen-bond acceptors (Lipinski definition) is 5. The number of fused-ring (bicyclic) bond motifs is 5. The minimum atomic E-state index is -0.535. The maximum absolute atomic E-state index is 12.8. The molecule has 3 amide bonds. The van der Waals surface area contributed by atoms with Crippen LogP contribution in [0.25, 0.3) is 0 Å². The van der Waals surface area contributed by atoms with E-state index in [2.05, 4.69) is 5.43 Å². The second kappa shape index (κ2) is 6.96. The lowest BCUT2D eigenvalue weighted by atomic mass is 9.81. The fourth-order valence-corrected chi connectivity index (χ4v) is 5.08. The number of benzene rings is 1. The van der Waals surface area contributed by atoms with Crippen LogP contribution in [0.1, 0.15) is 26.7 Å². The van der Waals surface area contributed by atoms with Crippen molar-refractivity contribution >= 4 is 17.7 Å². The average molecular weight is 384 g/mol. The Kier molecular flexibility index (Phi) is 4.61. The van der Waals surface area contributed by atoms with Crippen molar-refractivity contribution in [1.82, 2.24) is 10.4 Å². The van der Waals surface area contributed by atoms with Gasteiger partial charge in [0.2, 0.25) is 0 Å². The summed E-state index contributed by atoms with van der Waals surface area (Å²) in [6.07, 6.45) is 1.88. The van der Waals surface area contributed by atoms with E-state index in [1.807, 2.05) is 13.8 Å². The van der Waals surface area contributed by atoms with Gasteiger partial charge in [0.1, 0.15) is 11.5 Å². The van der Waals surface area contributed by atoms with Gasteiger partial charge < -0.3 is 9.47 Å². The monoisotopic (exact) mass is 384 g/mol. The molecule has 0 unspecified atom stereocenters. The number of nitrogens with zero attached hydrogens (tertiary/aromatic N) is 1. The van der Waals surface area contributed by atoms with Crippen LogP contribution in [0, 0.1) is 23.7 Å². The quantitative estimate of drug-likeness (QED) is 0.621. The molecule has 1 aromatic rings. The highest BCUT2D eigenvalue weighted by atomic mass is 16.5. The molecule has 0 radical (unpaired) electrons. The van der Waals surface area contributed by atoms with Gasteiger partial charge in [-0.3, -0.25) is 19.8 Å². The summed E-state index contributed by atoms with van der Waals surface area (Å²) in [5, 5.41) is 0.919. The molecule has 3 aliphatic rings. The normalized spacial score (nSPS) is 27.8. The molecular weight excluding hydrogens is 360 g/mol. The van der Waals surface area contributed by atoms with Gasteiger partial charge in [0.05, 0.1) is 18.9 Å². The zero-order valence-electron chi connectivity index (χ0n) is 16.2. The SMILES string of the molecule is COc1ccc(OCC(=O)NN2C(=O)[C@@H]3[C@H](C2=O)[C@@H]2CC[C@H]3C2=C(C)C)cc1. The van der Waals surface area contributed by atoms with Crippen LogP contribution in [0.2, 0.25) is 0 Å². The number of amides is 3. The molecule has 4 rings (SSSR count). The first-order chi connectivity index (χ1) is 13.4. The summed E-state index contributed by atoms with van der Waals surface area (Å²) in [5.74, 6) is -0.342. The summed E-state index contributed by atoms with van der Waals surface area (Å²) in [6.45, 7) is 3.81. The Labute approximate surface area is 163 Å². The van der Waals surface area contributed by atoms with Gasteiger partial charge in [-0.2, -0.15) is 5.01 Å². The Morgan fingerprint density at radius 2 is 1.57 bits per heavy atom. The van der Waals surface area contributed by atoms with E-state index in [1.165, 1.54) is 11.1 Å². The third-order valence-electron chi connectivity index (χ3n) is 6.10. The molecule has 0 aromatic heterocycles. The predicted molar refractivity (Wildman–Crippen MR) is 100 cm³/mol. The molecule has 3 fully saturated rings. The largest absolute Gasteiger partial charge is 0.497 e. The third kappa shape index (κ3) is 2.85. The number of carbonyl (C=O) groups excluding carboxylic acids is 3. The lowest BCUT2D eigenvalue weighted by Gasteiger charge is -2.19. The van der Waals surface area contributed by atoms with Gasteiger partial charge in [-0.1, -0.05) is 11.1 Å². The lowest BCUT2D eigenvalue weighted by molar-refractivity contribution is -0.150. The maximum atomic E-state index is 12.8. The number of carbonyl (C=O) groups is 3. The smallest absolute Gasteiger partial charge is 0.276 e. The van der Waals surface area contributed by atoms with Crippen molar-refractivity contribution in [1.29, 1.82) is 0 Å². The average Bonchev–Trinajstić information content (AvgIpc) is 3.33. The number of allylic oxidation sites excluding steroid dienone is 2. The molecule has 1 heterocycles. The van der Waals surface area contributed by atoms with E-state index in [4.69, 9.17) is 9.47 Å². The number of ether oxygens (including phenoxy) is 2. The van der Waals surface area contributed by atoms with E-state index in [0.29, 0.717) is 11.5 Å². The number of imide groups is 1. The van der Waals surface area contributed by atoms with Crippen LogP contribution in [0.5, 0.6) is 11.5 Å². The van der Waals surface area contributed by atoms with E-state index in [0.717, 1.165) is 17.9 Å². The molecule has 4 atom stereocenters. The van der Waals surface area contributed by atoms with E-state index >= 15 is 0 Å². The molecule has 148 valence electrons. The standard InChI is InChI=1S/C21H24N2O5/c1-11(2)17-14-8-9-15(17)19-18(14)20(25)23(21(19)26)22-16(24)10-28-13-6-4-12(27-3)5-7-13/h4-7,14-15,18-19H,8-10H2,1-3H3,(H,22,24)/t14-,15+,18-,19+. The van der Waals surface area contributed by atoms with Gasteiger partial charge in [-0.05, 0) is 62.8 Å². The van der Waals surface area contributed by atoms with Crippen molar-refractivity contribution in [2.45, 2.75) is 26.7 Å². The number of rotatable bonds is 5. The van der Waals surface area contributed by atoms with Gasteiger partial charge >= 0.3 is 0 Å². The Bertz CT molecular complexity index is 824. The lowest BCUT2D eigenvalue weighted by Crippen LogP contribution is -2.49. The number of hydrogen-bond donors (Lipinski definition) is 1. The topological polar surface area (TPSA) is 84.9 Å². The van der Waals surface area contributed by atoms with Gasteiger partial charge in [0.25, 0.3) is 17.7 Å². The van der Waals surface area contributed by atoms with Crippen molar-refractivity contribution in [2.75, 3.05) is 13.7 Å². The second-order valence-corrected chi connectivity index (χ2v) is 7.81. The maximum Gasteiger partial charge on any atom is 0.276 e. The Hall–Kier alpha value is -2.83. The van der Waals surface area contributed by atoms with E-state index in [-0.39, 0.29) is 42.1 Å². The van der Waals surface area contributed by atoms with E-state index < -0.39 is 5.91 Å². The fraction of sp³-hybridized carbons (Fsp3) is 0.476. The molecule has 1 aromatic carbocycles. The van der Waals surface area contributed by atoms with Crippen molar-refractivity contribution in [3.05, 3.63) is 35.4 Å². The highest BCUT2D eigenvalue weighted by molar-refractivity contribution is 6.07. The first-order valence-corrected chi connectivity index (χ1v) is 9.53. The van der Waals surface area contributed by atoms with Crippen LogP contribution < -0.4 is 14.9 Å². The van der Waals surface area contributed by atoms with Crippen LogP contribution in [0.15, 0.2) is 35.4 Å². The molecular formula is C21H24N2O5. The Morgan fingerprint density at radius 3 is 2.07 bits per heavy atom. The molecule has 28 heavy (non-hydrogen) atoms. The molecule has 2 saturated carbocycles. The minimum absolute atomic E-state index is 0.133. The molecule has 2 bridgehead atoms. The highest BCUT2D eigenvalue weighted by Crippen LogP contribution is 2.59.